The van der Waals surface area contributed by atoms with Crippen molar-refractivity contribution in [3.8, 4) is 0 Å². The van der Waals surface area contributed by atoms with E-state index in [1.807, 2.05) is 32.0 Å². The summed E-state index contributed by atoms with van der Waals surface area (Å²) in [5.41, 5.74) is 1.45. The van der Waals surface area contributed by atoms with Gasteiger partial charge in [0.25, 0.3) is 0 Å². The van der Waals surface area contributed by atoms with Gasteiger partial charge in [-0.15, -0.1) is 0 Å². The molecule has 0 aliphatic heterocycles. The molecule has 0 radical (unpaired) electrons. The molecule has 0 saturated carbocycles. The lowest BCUT2D eigenvalue weighted by Crippen LogP contribution is -2.62. The summed E-state index contributed by atoms with van der Waals surface area (Å²) in [6.45, 7) is 10.8. The number of aliphatic hydroxyl groups excluding tert-OH is 1. The zero-order chi connectivity index (χ0) is 39.8. The fourth-order valence-electron chi connectivity index (χ4n) is 5.41. The molecule has 2 aromatic rings. The fourth-order valence-corrected chi connectivity index (χ4v) is 5.41. The minimum absolute atomic E-state index is 0.0263. The van der Waals surface area contributed by atoms with Gasteiger partial charge in [0, 0.05) is 19.8 Å². The van der Waals surface area contributed by atoms with E-state index in [4.69, 9.17) is 0 Å². The van der Waals surface area contributed by atoms with E-state index in [0.717, 1.165) is 5.56 Å². The zero-order valence-electron chi connectivity index (χ0n) is 31.3. The third-order valence-corrected chi connectivity index (χ3v) is 8.27. The number of carboxylic acids is 1. The molecule has 6 amide bonds. The Morgan fingerprint density at radius 3 is 1.40 bits per heavy atom. The summed E-state index contributed by atoms with van der Waals surface area (Å²) in [5.74, 6) is -6.08. The van der Waals surface area contributed by atoms with Crippen LogP contribution in [-0.2, 0) is 46.4 Å². The van der Waals surface area contributed by atoms with Gasteiger partial charge in [-0.3, -0.25) is 33.6 Å². The molecule has 53 heavy (non-hydrogen) atoms. The maximum Gasteiger partial charge on any atom is 0.325 e. The van der Waals surface area contributed by atoms with Crippen LogP contribution in [0.5, 0.6) is 0 Å². The Morgan fingerprint density at radius 1 is 0.547 bits per heavy atom. The monoisotopic (exact) mass is 738 g/mol. The first-order valence-electron chi connectivity index (χ1n) is 17.7. The zero-order valence-corrected chi connectivity index (χ0v) is 31.3. The number of benzene rings is 2. The SMILES string of the molecule is CC(=O)N[C@H](Cc1ccccc1)C(=O)N[C@H](CC(C)C)C(=O)N[C@@H](Cc1ccccc1)C(=O)N[C@@H](C(=O)N[C@H](C(=O)N[C@@H](C)C(=O)O)C(C)C)[C@@H](C)O. The first-order valence-corrected chi connectivity index (χ1v) is 17.7. The third kappa shape index (κ3) is 15.1. The van der Waals surface area contributed by atoms with E-state index < -0.39 is 89.7 Å². The summed E-state index contributed by atoms with van der Waals surface area (Å²) >= 11 is 0. The number of hydrogen-bond acceptors (Lipinski definition) is 8. The number of nitrogens with one attached hydrogen (secondary N) is 6. The lowest BCUT2D eigenvalue weighted by atomic mass is 9.99. The molecular formula is C38H54N6O9. The molecule has 0 aliphatic rings. The third-order valence-electron chi connectivity index (χ3n) is 8.27. The van der Waals surface area contributed by atoms with Gasteiger partial charge in [-0.25, -0.2) is 0 Å². The molecule has 0 bridgehead atoms. The molecule has 2 aromatic carbocycles. The van der Waals surface area contributed by atoms with E-state index in [1.165, 1.54) is 20.8 Å². The van der Waals surface area contributed by atoms with Crippen molar-refractivity contribution in [2.75, 3.05) is 0 Å². The van der Waals surface area contributed by atoms with Crippen molar-refractivity contribution in [2.45, 2.75) is 110 Å². The van der Waals surface area contributed by atoms with Crippen molar-refractivity contribution in [1.29, 1.82) is 0 Å². The Hall–Kier alpha value is -5.31. The predicted molar refractivity (Wildman–Crippen MR) is 197 cm³/mol. The number of carbonyl (C=O) groups is 7. The lowest BCUT2D eigenvalue weighted by molar-refractivity contribution is -0.142. The van der Waals surface area contributed by atoms with E-state index in [2.05, 4.69) is 31.9 Å². The summed E-state index contributed by atoms with van der Waals surface area (Å²) in [5, 5.41) is 35.2. The Labute approximate surface area is 310 Å². The molecule has 290 valence electrons. The maximum atomic E-state index is 13.9. The van der Waals surface area contributed by atoms with Gasteiger partial charge < -0.3 is 42.1 Å². The van der Waals surface area contributed by atoms with Crippen LogP contribution < -0.4 is 31.9 Å². The quantitative estimate of drug-likeness (QED) is 0.0949. The van der Waals surface area contributed by atoms with Crippen LogP contribution in [0.4, 0.5) is 0 Å². The van der Waals surface area contributed by atoms with Gasteiger partial charge in [-0.1, -0.05) is 88.4 Å². The number of aliphatic carboxylic acids is 1. The summed E-state index contributed by atoms with van der Waals surface area (Å²) in [4.78, 5) is 90.9. The van der Waals surface area contributed by atoms with Crippen LogP contribution in [-0.4, -0.2) is 94.0 Å². The molecule has 7 atom stereocenters. The van der Waals surface area contributed by atoms with Gasteiger partial charge in [0.2, 0.25) is 35.4 Å². The number of rotatable bonds is 20. The molecule has 0 aromatic heterocycles. The highest BCUT2D eigenvalue weighted by molar-refractivity contribution is 5.97. The standard InChI is InChI=1S/C38H54N6O9/c1-21(2)18-28(41-34(48)29(40-25(7)46)19-26-14-10-8-11-15-26)33(47)42-30(20-27-16-12-9-13-17-27)35(49)44-32(24(6)45)37(51)43-31(22(3)4)36(50)39-23(5)38(52)53/h8-17,21-24,28-32,45H,18-20H2,1-7H3,(H,39,50)(H,40,46)(H,41,48)(H,42,47)(H,43,51)(H,44,49)(H,52,53)/t23-,24+,28+,29+,30-,31-,32+/m0/s1. The molecule has 2 rings (SSSR count). The second-order valence-corrected chi connectivity index (χ2v) is 13.9. The summed E-state index contributed by atoms with van der Waals surface area (Å²) in [6.07, 6.45) is -1.12. The lowest BCUT2D eigenvalue weighted by Gasteiger charge is -2.29. The molecule has 15 nitrogen and oxygen atoms in total. The van der Waals surface area contributed by atoms with E-state index in [0.29, 0.717) is 5.56 Å². The second kappa shape index (κ2) is 21.3. The minimum Gasteiger partial charge on any atom is -0.480 e. The number of hydrogen-bond donors (Lipinski definition) is 8. The van der Waals surface area contributed by atoms with Crippen LogP contribution in [0.1, 0.15) is 66.0 Å². The maximum absolute atomic E-state index is 13.9. The van der Waals surface area contributed by atoms with E-state index in [1.54, 1.807) is 56.3 Å². The molecule has 0 spiro atoms. The highest BCUT2D eigenvalue weighted by Crippen LogP contribution is 2.11. The Morgan fingerprint density at radius 2 is 0.962 bits per heavy atom. The number of aliphatic hydroxyl groups is 1. The summed E-state index contributed by atoms with van der Waals surface area (Å²) in [6, 6.07) is 10.4. The van der Waals surface area contributed by atoms with Gasteiger partial charge in [-0.05, 0) is 43.2 Å². The van der Waals surface area contributed by atoms with Gasteiger partial charge in [0.15, 0.2) is 0 Å². The topological polar surface area (TPSA) is 232 Å². The van der Waals surface area contributed by atoms with Gasteiger partial charge in [0.1, 0.15) is 36.3 Å². The van der Waals surface area contributed by atoms with Crippen molar-refractivity contribution >= 4 is 41.4 Å². The van der Waals surface area contributed by atoms with Crippen LogP contribution >= 0.6 is 0 Å². The molecule has 0 fully saturated rings. The van der Waals surface area contributed by atoms with Crippen LogP contribution in [0.2, 0.25) is 0 Å². The number of carbonyl (C=O) groups excluding carboxylic acids is 6. The summed E-state index contributed by atoms with van der Waals surface area (Å²) in [7, 11) is 0. The molecule has 0 unspecified atom stereocenters. The predicted octanol–water partition coefficient (Wildman–Crippen LogP) is 0.588. The van der Waals surface area contributed by atoms with Crippen LogP contribution in [0.15, 0.2) is 60.7 Å². The van der Waals surface area contributed by atoms with Crippen LogP contribution in [0, 0.1) is 11.8 Å². The van der Waals surface area contributed by atoms with Crippen molar-refractivity contribution in [3.63, 3.8) is 0 Å². The molecule has 0 heterocycles. The van der Waals surface area contributed by atoms with Gasteiger partial charge in [-0.2, -0.15) is 0 Å². The average molecular weight is 739 g/mol. The number of carboxylic acid groups (broad SMARTS) is 1. The highest BCUT2D eigenvalue weighted by atomic mass is 16.4. The molecule has 0 saturated heterocycles. The number of amides is 6. The Bertz CT molecular complexity index is 1550. The van der Waals surface area contributed by atoms with Crippen molar-refractivity contribution in [1.82, 2.24) is 31.9 Å². The highest BCUT2D eigenvalue weighted by Gasteiger charge is 2.35. The normalized spacial score (nSPS) is 15.1. The minimum atomic E-state index is -1.58. The first-order chi connectivity index (χ1) is 24.9. The van der Waals surface area contributed by atoms with Crippen molar-refractivity contribution in [3.05, 3.63) is 71.8 Å². The fraction of sp³-hybridized carbons (Fsp3) is 0.500. The molecular weight excluding hydrogens is 684 g/mol. The summed E-state index contributed by atoms with van der Waals surface area (Å²) < 4.78 is 0. The molecule has 8 N–H and O–H groups in total. The van der Waals surface area contributed by atoms with Crippen LogP contribution in [0.25, 0.3) is 0 Å². The van der Waals surface area contributed by atoms with Crippen LogP contribution in [0.3, 0.4) is 0 Å². The van der Waals surface area contributed by atoms with Gasteiger partial charge >= 0.3 is 5.97 Å². The van der Waals surface area contributed by atoms with Gasteiger partial charge in [0.05, 0.1) is 6.10 Å². The van der Waals surface area contributed by atoms with E-state index in [9.17, 15) is 43.8 Å². The largest absolute Gasteiger partial charge is 0.480 e. The smallest absolute Gasteiger partial charge is 0.325 e. The second-order valence-electron chi connectivity index (χ2n) is 13.9. The van der Waals surface area contributed by atoms with Crippen molar-refractivity contribution < 1.29 is 43.8 Å². The Kier molecular flexibility index (Phi) is 17.6. The first kappa shape index (κ1) is 43.9. The molecule has 15 heteroatoms. The van der Waals surface area contributed by atoms with E-state index >= 15 is 0 Å². The average Bonchev–Trinajstić information content (AvgIpc) is 3.08. The van der Waals surface area contributed by atoms with Crippen molar-refractivity contribution in [2.24, 2.45) is 11.8 Å². The molecule has 0 aliphatic carbocycles. The Balaban J connectivity index is 2.35. The van der Waals surface area contributed by atoms with E-state index in [-0.39, 0.29) is 25.2 Å².